The zero-order valence-electron chi connectivity index (χ0n) is 13.5. The standard InChI is InChI=1S/C15H9ClF4N4O3S/c16-11-5-8(15(18,19)20)6-24-7-12(21-13(11)24)14(25)22-23-28(26,27)10-3-1-9(17)2-4-10/h1-7,23H,(H,22,25). The van der Waals surface area contributed by atoms with Crippen molar-refractivity contribution in [3.63, 3.8) is 0 Å². The molecular weight excluding hydrogens is 428 g/mol. The third-order valence-corrected chi connectivity index (χ3v) is 5.03. The number of pyridine rings is 1. The first-order valence-corrected chi connectivity index (χ1v) is 9.17. The first-order valence-electron chi connectivity index (χ1n) is 7.30. The van der Waals surface area contributed by atoms with Gasteiger partial charge in [-0.05, 0) is 30.3 Å². The first-order chi connectivity index (χ1) is 13.0. The van der Waals surface area contributed by atoms with Crippen LogP contribution in [0.2, 0.25) is 5.02 Å². The smallest absolute Gasteiger partial charge is 0.304 e. The third-order valence-electron chi connectivity index (χ3n) is 3.49. The quantitative estimate of drug-likeness (QED) is 0.486. The van der Waals surface area contributed by atoms with E-state index >= 15 is 0 Å². The van der Waals surface area contributed by atoms with E-state index in [4.69, 9.17) is 11.6 Å². The third kappa shape index (κ3) is 4.08. The maximum Gasteiger partial charge on any atom is 0.417 e. The number of hydrogen-bond acceptors (Lipinski definition) is 4. The number of nitrogens with one attached hydrogen (secondary N) is 2. The predicted molar refractivity (Wildman–Crippen MR) is 89.4 cm³/mol. The molecule has 3 rings (SSSR count). The Bertz CT molecular complexity index is 1160. The Hall–Kier alpha value is -2.70. The Morgan fingerprint density at radius 3 is 2.39 bits per heavy atom. The van der Waals surface area contributed by atoms with Gasteiger partial charge in [0, 0.05) is 12.4 Å². The molecule has 1 aromatic carbocycles. The molecule has 0 saturated heterocycles. The predicted octanol–water partition coefficient (Wildman–Crippen LogP) is 2.77. The zero-order valence-corrected chi connectivity index (χ0v) is 15.0. The molecule has 28 heavy (non-hydrogen) atoms. The molecule has 0 aliphatic rings. The van der Waals surface area contributed by atoms with Gasteiger partial charge in [0.1, 0.15) is 11.5 Å². The zero-order chi connectivity index (χ0) is 20.7. The Balaban J connectivity index is 1.82. The summed E-state index contributed by atoms with van der Waals surface area (Å²) in [5, 5.41) is -0.347. The van der Waals surface area contributed by atoms with Crippen LogP contribution in [0.3, 0.4) is 0 Å². The Morgan fingerprint density at radius 2 is 1.79 bits per heavy atom. The SMILES string of the molecule is O=C(NNS(=O)(=O)c1ccc(F)cc1)c1cn2cc(C(F)(F)F)cc(Cl)c2n1. The highest BCUT2D eigenvalue weighted by Crippen LogP contribution is 2.32. The minimum atomic E-state index is -4.66. The highest BCUT2D eigenvalue weighted by molar-refractivity contribution is 7.89. The molecule has 2 aromatic heterocycles. The van der Waals surface area contributed by atoms with Crippen molar-refractivity contribution in [2.24, 2.45) is 0 Å². The highest BCUT2D eigenvalue weighted by Gasteiger charge is 2.32. The number of benzene rings is 1. The molecule has 1 amide bonds. The molecule has 0 fully saturated rings. The maximum absolute atomic E-state index is 12.9. The highest BCUT2D eigenvalue weighted by atomic mass is 35.5. The number of rotatable bonds is 4. The van der Waals surface area contributed by atoms with Gasteiger partial charge in [-0.1, -0.05) is 11.6 Å². The van der Waals surface area contributed by atoms with Gasteiger partial charge in [0.25, 0.3) is 15.9 Å². The summed E-state index contributed by atoms with van der Waals surface area (Å²) in [4.78, 5) is 17.3. The van der Waals surface area contributed by atoms with E-state index in [1.54, 1.807) is 4.83 Å². The summed E-state index contributed by atoms with van der Waals surface area (Å²) in [6.45, 7) is 0. The number of imidazole rings is 1. The van der Waals surface area contributed by atoms with Crippen LogP contribution in [-0.4, -0.2) is 23.7 Å². The van der Waals surface area contributed by atoms with E-state index in [2.05, 4.69) is 4.98 Å². The number of amides is 1. The topological polar surface area (TPSA) is 92.6 Å². The van der Waals surface area contributed by atoms with E-state index in [1.165, 1.54) is 0 Å². The van der Waals surface area contributed by atoms with Crippen LogP contribution in [0, 0.1) is 5.82 Å². The number of halogens is 5. The van der Waals surface area contributed by atoms with Gasteiger partial charge >= 0.3 is 6.18 Å². The molecule has 7 nitrogen and oxygen atoms in total. The molecule has 3 aromatic rings. The fourth-order valence-corrected chi connectivity index (χ4v) is 3.27. The number of nitrogens with zero attached hydrogens (tertiary/aromatic N) is 2. The van der Waals surface area contributed by atoms with Crippen LogP contribution in [0.25, 0.3) is 5.65 Å². The molecule has 0 saturated carbocycles. The van der Waals surface area contributed by atoms with Crippen molar-refractivity contribution in [1.29, 1.82) is 0 Å². The molecule has 2 N–H and O–H groups in total. The lowest BCUT2D eigenvalue weighted by atomic mass is 10.3. The van der Waals surface area contributed by atoms with Crippen molar-refractivity contribution in [2.45, 2.75) is 11.1 Å². The molecule has 0 atom stereocenters. The van der Waals surface area contributed by atoms with Gasteiger partial charge in [-0.2, -0.15) is 13.2 Å². The largest absolute Gasteiger partial charge is 0.417 e. The average molecular weight is 437 g/mol. The minimum absolute atomic E-state index is 0.124. The fourth-order valence-electron chi connectivity index (χ4n) is 2.17. The molecule has 0 aliphatic heterocycles. The number of hydrazine groups is 1. The van der Waals surface area contributed by atoms with Crippen molar-refractivity contribution in [1.82, 2.24) is 19.6 Å². The van der Waals surface area contributed by atoms with E-state index in [0.29, 0.717) is 12.3 Å². The lowest BCUT2D eigenvalue weighted by molar-refractivity contribution is -0.137. The number of carbonyl (C=O) groups excluding carboxylic acids is 1. The number of hydrogen-bond donors (Lipinski definition) is 2. The fraction of sp³-hybridized carbons (Fsp3) is 0.0667. The Morgan fingerprint density at radius 1 is 1.14 bits per heavy atom. The van der Waals surface area contributed by atoms with E-state index in [0.717, 1.165) is 34.9 Å². The maximum atomic E-state index is 12.9. The Labute approximate surface area is 160 Å². The van der Waals surface area contributed by atoms with Crippen LogP contribution >= 0.6 is 11.6 Å². The molecule has 0 aliphatic carbocycles. The van der Waals surface area contributed by atoms with Gasteiger partial charge in [0.05, 0.1) is 15.5 Å². The average Bonchev–Trinajstić information content (AvgIpc) is 3.04. The minimum Gasteiger partial charge on any atom is -0.304 e. The van der Waals surface area contributed by atoms with E-state index < -0.39 is 33.5 Å². The van der Waals surface area contributed by atoms with Gasteiger partial charge in [-0.15, -0.1) is 4.83 Å². The van der Waals surface area contributed by atoms with Crippen molar-refractivity contribution < 1.29 is 30.8 Å². The van der Waals surface area contributed by atoms with E-state index in [9.17, 15) is 30.8 Å². The van der Waals surface area contributed by atoms with Crippen LogP contribution < -0.4 is 10.3 Å². The van der Waals surface area contributed by atoms with Gasteiger partial charge in [-0.25, -0.2) is 17.8 Å². The molecule has 0 unspecified atom stereocenters. The van der Waals surface area contributed by atoms with Crippen LogP contribution in [0.4, 0.5) is 17.6 Å². The number of carbonyl (C=O) groups is 1. The lowest BCUT2D eigenvalue weighted by Crippen LogP contribution is -2.41. The number of fused-ring (bicyclic) bond motifs is 1. The van der Waals surface area contributed by atoms with Crippen LogP contribution in [0.5, 0.6) is 0 Å². The van der Waals surface area contributed by atoms with E-state index in [-0.39, 0.29) is 21.3 Å². The summed E-state index contributed by atoms with van der Waals surface area (Å²) < 4.78 is 76.3. The van der Waals surface area contributed by atoms with Crippen molar-refractivity contribution in [3.8, 4) is 0 Å². The van der Waals surface area contributed by atoms with E-state index in [1.807, 2.05) is 5.43 Å². The molecular formula is C15H9ClF4N4O3S. The summed E-state index contributed by atoms with van der Waals surface area (Å²) in [5.41, 5.74) is 0.306. The normalized spacial score (nSPS) is 12.3. The van der Waals surface area contributed by atoms with Crippen LogP contribution in [0.15, 0.2) is 47.6 Å². The second kappa shape index (κ2) is 7.04. The molecule has 2 heterocycles. The molecule has 0 radical (unpaired) electrons. The monoisotopic (exact) mass is 436 g/mol. The lowest BCUT2D eigenvalue weighted by Gasteiger charge is -2.07. The number of aromatic nitrogens is 2. The number of alkyl halides is 3. The van der Waals surface area contributed by atoms with Crippen LogP contribution in [-0.2, 0) is 16.2 Å². The summed E-state index contributed by atoms with van der Waals surface area (Å²) in [6, 6.07) is 4.45. The summed E-state index contributed by atoms with van der Waals surface area (Å²) >= 11 is 5.77. The number of sulfonamides is 1. The summed E-state index contributed by atoms with van der Waals surface area (Å²) in [7, 11) is -4.20. The Kier molecular flexibility index (Phi) is 5.04. The molecule has 13 heteroatoms. The van der Waals surface area contributed by atoms with Crippen molar-refractivity contribution in [2.75, 3.05) is 0 Å². The van der Waals surface area contributed by atoms with Crippen LogP contribution in [0.1, 0.15) is 16.1 Å². The van der Waals surface area contributed by atoms with Crippen molar-refractivity contribution >= 4 is 33.2 Å². The van der Waals surface area contributed by atoms with Crippen molar-refractivity contribution in [3.05, 3.63) is 64.8 Å². The van der Waals surface area contributed by atoms with Gasteiger partial charge in [0.2, 0.25) is 0 Å². The summed E-state index contributed by atoms with van der Waals surface area (Å²) in [6.07, 6.45) is -3.01. The summed E-state index contributed by atoms with van der Waals surface area (Å²) in [5.74, 6) is -1.69. The molecule has 0 spiro atoms. The van der Waals surface area contributed by atoms with Gasteiger partial charge in [0.15, 0.2) is 5.65 Å². The van der Waals surface area contributed by atoms with Gasteiger partial charge < -0.3 is 4.40 Å². The second-order valence-corrected chi connectivity index (χ2v) is 7.53. The molecule has 0 bridgehead atoms. The molecule has 148 valence electrons. The second-order valence-electron chi connectivity index (χ2n) is 5.45. The first kappa shape index (κ1) is 20.0. The van der Waals surface area contributed by atoms with Gasteiger partial charge in [-0.3, -0.25) is 10.2 Å².